The molecule has 0 unspecified atom stereocenters. The van der Waals surface area contributed by atoms with Crippen molar-refractivity contribution in [2.24, 2.45) is 10.8 Å². The molecule has 20 heavy (non-hydrogen) atoms. The SMILES string of the molecule is Cl.N=C(N)N/N=C/c1ccc2c(c1)Cc1ccccc1-2. The molecular weight excluding hydrogens is 272 g/mol. The number of fused-ring (bicyclic) bond motifs is 3. The van der Waals surface area contributed by atoms with E-state index in [1.165, 1.54) is 22.3 Å². The van der Waals surface area contributed by atoms with Gasteiger partial charge in [-0.05, 0) is 40.3 Å². The first kappa shape index (κ1) is 14.1. The fourth-order valence-electron chi connectivity index (χ4n) is 2.42. The minimum atomic E-state index is -0.162. The largest absolute Gasteiger partial charge is 0.369 e. The van der Waals surface area contributed by atoms with Crippen LogP contribution in [0.2, 0.25) is 0 Å². The Morgan fingerprint density at radius 2 is 1.90 bits per heavy atom. The summed E-state index contributed by atoms with van der Waals surface area (Å²) in [6.07, 6.45) is 2.64. The summed E-state index contributed by atoms with van der Waals surface area (Å²) in [4.78, 5) is 0. The van der Waals surface area contributed by atoms with Gasteiger partial charge in [0, 0.05) is 0 Å². The summed E-state index contributed by atoms with van der Waals surface area (Å²) in [7, 11) is 0. The smallest absolute Gasteiger partial charge is 0.206 e. The predicted molar refractivity (Wildman–Crippen MR) is 84.6 cm³/mol. The second-order valence-electron chi connectivity index (χ2n) is 4.53. The van der Waals surface area contributed by atoms with E-state index < -0.39 is 0 Å². The minimum Gasteiger partial charge on any atom is -0.369 e. The highest BCUT2D eigenvalue weighted by molar-refractivity contribution is 5.86. The van der Waals surface area contributed by atoms with Crippen LogP contribution in [0.1, 0.15) is 16.7 Å². The summed E-state index contributed by atoms with van der Waals surface area (Å²) < 4.78 is 0. The van der Waals surface area contributed by atoms with Crippen LogP contribution in [0.5, 0.6) is 0 Å². The van der Waals surface area contributed by atoms with Crippen molar-refractivity contribution in [1.29, 1.82) is 5.41 Å². The third-order valence-electron chi connectivity index (χ3n) is 3.22. The number of hydrogen-bond acceptors (Lipinski definition) is 2. The lowest BCUT2D eigenvalue weighted by molar-refractivity contribution is 1.00. The molecule has 0 atom stereocenters. The quantitative estimate of drug-likeness (QED) is 0.385. The van der Waals surface area contributed by atoms with E-state index in [-0.39, 0.29) is 18.4 Å². The molecule has 2 aromatic carbocycles. The molecule has 0 aliphatic heterocycles. The first-order valence-corrected chi connectivity index (χ1v) is 6.08. The van der Waals surface area contributed by atoms with E-state index in [1.807, 2.05) is 6.07 Å². The Balaban J connectivity index is 0.00000147. The lowest BCUT2D eigenvalue weighted by Crippen LogP contribution is -2.25. The first-order chi connectivity index (χ1) is 9.24. The molecule has 1 aliphatic carbocycles. The third kappa shape index (κ3) is 2.65. The normalized spacial score (nSPS) is 11.6. The van der Waals surface area contributed by atoms with E-state index in [9.17, 15) is 0 Å². The topological polar surface area (TPSA) is 74.3 Å². The Morgan fingerprint density at radius 3 is 2.70 bits per heavy atom. The van der Waals surface area contributed by atoms with E-state index in [1.54, 1.807) is 6.21 Å². The van der Waals surface area contributed by atoms with Gasteiger partial charge in [0.15, 0.2) is 0 Å². The zero-order valence-corrected chi connectivity index (χ0v) is 11.6. The van der Waals surface area contributed by atoms with Gasteiger partial charge in [0.1, 0.15) is 0 Å². The van der Waals surface area contributed by atoms with Crippen molar-refractivity contribution in [3.8, 4) is 11.1 Å². The van der Waals surface area contributed by atoms with Gasteiger partial charge < -0.3 is 5.73 Å². The highest BCUT2D eigenvalue weighted by atomic mass is 35.5. The molecule has 0 spiro atoms. The van der Waals surface area contributed by atoms with Crippen LogP contribution in [-0.2, 0) is 6.42 Å². The number of guanidine groups is 1. The molecule has 1 aliphatic rings. The molecule has 0 heterocycles. The van der Waals surface area contributed by atoms with Gasteiger partial charge in [-0.3, -0.25) is 5.41 Å². The van der Waals surface area contributed by atoms with E-state index in [2.05, 4.69) is 46.9 Å². The summed E-state index contributed by atoms with van der Waals surface area (Å²) in [5, 5.41) is 10.9. The minimum absolute atomic E-state index is 0. The van der Waals surface area contributed by atoms with Gasteiger partial charge in [-0.2, -0.15) is 5.10 Å². The average Bonchev–Trinajstić information content (AvgIpc) is 2.76. The maximum atomic E-state index is 7.02. The molecule has 102 valence electrons. The summed E-state index contributed by atoms with van der Waals surface area (Å²) in [5.41, 5.74) is 13.9. The van der Waals surface area contributed by atoms with Gasteiger partial charge in [-0.1, -0.05) is 36.4 Å². The number of rotatable bonds is 2. The number of hydrazone groups is 1. The van der Waals surface area contributed by atoms with Crippen LogP contribution in [0.4, 0.5) is 0 Å². The van der Waals surface area contributed by atoms with Crippen molar-refractivity contribution in [3.63, 3.8) is 0 Å². The number of nitrogens with zero attached hydrogens (tertiary/aromatic N) is 1. The Kier molecular flexibility index (Phi) is 4.05. The number of benzene rings is 2. The zero-order valence-electron chi connectivity index (χ0n) is 10.8. The molecule has 4 N–H and O–H groups in total. The summed E-state index contributed by atoms with van der Waals surface area (Å²) >= 11 is 0. The van der Waals surface area contributed by atoms with Crippen LogP contribution < -0.4 is 11.2 Å². The van der Waals surface area contributed by atoms with Gasteiger partial charge in [0.2, 0.25) is 5.96 Å². The summed E-state index contributed by atoms with van der Waals surface area (Å²) in [6.45, 7) is 0. The molecule has 4 nitrogen and oxygen atoms in total. The van der Waals surface area contributed by atoms with Crippen LogP contribution in [0, 0.1) is 5.41 Å². The Hall–Kier alpha value is -2.33. The molecule has 5 heteroatoms. The van der Waals surface area contributed by atoms with Crippen LogP contribution >= 0.6 is 12.4 Å². The van der Waals surface area contributed by atoms with Crippen LogP contribution in [0.15, 0.2) is 47.6 Å². The molecule has 0 bridgehead atoms. The Bertz CT molecular complexity index is 679. The van der Waals surface area contributed by atoms with Crippen LogP contribution in [-0.4, -0.2) is 12.2 Å². The highest BCUT2D eigenvalue weighted by Gasteiger charge is 2.17. The monoisotopic (exact) mass is 286 g/mol. The van der Waals surface area contributed by atoms with E-state index in [0.717, 1.165) is 12.0 Å². The van der Waals surface area contributed by atoms with E-state index in [0.29, 0.717) is 0 Å². The van der Waals surface area contributed by atoms with Crippen molar-refractivity contribution in [3.05, 3.63) is 59.2 Å². The maximum Gasteiger partial charge on any atom is 0.206 e. The van der Waals surface area contributed by atoms with Crippen molar-refractivity contribution < 1.29 is 0 Å². The summed E-state index contributed by atoms with van der Waals surface area (Å²) in [6, 6.07) is 14.7. The fourth-order valence-corrected chi connectivity index (χ4v) is 2.42. The van der Waals surface area contributed by atoms with E-state index >= 15 is 0 Å². The molecule has 0 radical (unpaired) electrons. The maximum absolute atomic E-state index is 7.02. The molecule has 0 saturated carbocycles. The van der Waals surface area contributed by atoms with Crippen molar-refractivity contribution >= 4 is 24.6 Å². The molecule has 0 saturated heterocycles. The van der Waals surface area contributed by atoms with Crippen molar-refractivity contribution in [2.45, 2.75) is 6.42 Å². The van der Waals surface area contributed by atoms with Crippen LogP contribution in [0.3, 0.4) is 0 Å². The second kappa shape index (κ2) is 5.75. The molecule has 0 aromatic heterocycles. The average molecular weight is 287 g/mol. The Labute approximate surface area is 123 Å². The molecule has 2 aromatic rings. The molecule has 3 rings (SSSR count). The standard InChI is InChI=1S/C15H14N4.ClH/c16-15(17)19-18-9-10-5-6-14-12(7-10)8-11-3-1-2-4-13(11)14;/h1-7,9H,8H2,(H4,16,17,19);1H/b18-9+;. The van der Waals surface area contributed by atoms with Gasteiger partial charge >= 0.3 is 0 Å². The predicted octanol–water partition coefficient (Wildman–Crippen LogP) is 2.50. The Morgan fingerprint density at radius 1 is 1.15 bits per heavy atom. The number of halogens is 1. The number of nitrogens with one attached hydrogen (secondary N) is 2. The third-order valence-corrected chi connectivity index (χ3v) is 3.22. The van der Waals surface area contributed by atoms with Crippen molar-refractivity contribution in [1.82, 2.24) is 5.43 Å². The summed E-state index contributed by atoms with van der Waals surface area (Å²) in [5.74, 6) is -0.162. The fraction of sp³-hybridized carbons (Fsp3) is 0.0667. The molecule has 0 amide bonds. The first-order valence-electron chi connectivity index (χ1n) is 6.08. The van der Waals surface area contributed by atoms with Gasteiger partial charge in [0.25, 0.3) is 0 Å². The van der Waals surface area contributed by atoms with Crippen LogP contribution in [0.25, 0.3) is 11.1 Å². The van der Waals surface area contributed by atoms with Gasteiger partial charge in [-0.25, -0.2) is 5.43 Å². The lowest BCUT2D eigenvalue weighted by Gasteiger charge is -2.01. The number of nitrogens with two attached hydrogens (primary N) is 1. The molecule has 0 fully saturated rings. The highest BCUT2D eigenvalue weighted by Crippen LogP contribution is 2.36. The van der Waals surface area contributed by atoms with E-state index in [4.69, 9.17) is 11.1 Å². The van der Waals surface area contributed by atoms with Crippen molar-refractivity contribution in [2.75, 3.05) is 0 Å². The lowest BCUT2D eigenvalue weighted by atomic mass is 10.0. The molecular formula is C15H15ClN4. The van der Waals surface area contributed by atoms with Gasteiger partial charge in [0.05, 0.1) is 6.21 Å². The second-order valence-corrected chi connectivity index (χ2v) is 4.53. The number of hydrogen-bond donors (Lipinski definition) is 3. The zero-order chi connectivity index (χ0) is 13.2. The van der Waals surface area contributed by atoms with Gasteiger partial charge in [-0.15, -0.1) is 12.4 Å².